The number of aromatic carboxylic acids is 1. The standard InChI is InChI=1S/C12H14O2S/c13-11(14)9-3-1-4-10(7-9)12(8-15)5-2-6-12/h1,3-4,7,15H,2,5-6,8H2,(H,13,14). The smallest absolute Gasteiger partial charge is 0.335 e. The third-order valence-corrected chi connectivity index (χ3v) is 3.94. The van der Waals surface area contributed by atoms with Gasteiger partial charge in [-0.2, -0.15) is 12.6 Å². The van der Waals surface area contributed by atoms with E-state index in [1.54, 1.807) is 12.1 Å². The van der Waals surface area contributed by atoms with Gasteiger partial charge in [0.15, 0.2) is 0 Å². The zero-order valence-corrected chi connectivity index (χ0v) is 9.33. The molecule has 0 saturated heterocycles. The first kappa shape index (κ1) is 10.6. The van der Waals surface area contributed by atoms with Crippen LogP contribution in [0.1, 0.15) is 35.2 Å². The predicted octanol–water partition coefficient (Wildman–Crippen LogP) is 2.74. The zero-order chi connectivity index (χ0) is 10.9. The van der Waals surface area contributed by atoms with Crippen LogP contribution in [0.25, 0.3) is 0 Å². The fraction of sp³-hybridized carbons (Fsp3) is 0.417. The molecule has 1 aromatic rings. The Morgan fingerprint density at radius 3 is 2.67 bits per heavy atom. The van der Waals surface area contributed by atoms with Crippen LogP contribution in [0.15, 0.2) is 24.3 Å². The van der Waals surface area contributed by atoms with Gasteiger partial charge < -0.3 is 5.11 Å². The first-order chi connectivity index (χ1) is 7.18. The summed E-state index contributed by atoms with van der Waals surface area (Å²) in [5.74, 6) is -0.0544. The molecule has 0 radical (unpaired) electrons. The molecule has 0 atom stereocenters. The highest BCUT2D eigenvalue weighted by Gasteiger charge is 2.37. The summed E-state index contributed by atoms with van der Waals surface area (Å²) >= 11 is 4.38. The average Bonchev–Trinajstić information content (AvgIpc) is 2.17. The summed E-state index contributed by atoms with van der Waals surface area (Å²) in [5.41, 5.74) is 1.64. The lowest BCUT2D eigenvalue weighted by molar-refractivity contribution is 0.0696. The minimum absolute atomic E-state index is 0.134. The van der Waals surface area contributed by atoms with Crippen molar-refractivity contribution in [3.63, 3.8) is 0 Å². The minimum atomic E-state index is -0.856. The largest absolute Gasteiger partial charge is 0.478 e. The third-order valence-electron chi connectivity index (χ3n) is 3.34. The number of thiol groups is 1. The molecule has 1 aromatic carbocycles. The van der Waals surface area contributed by atoms with Crippen LogP contribution in [-0.4, -0.2) is 16.8 Å². The molecule has 1 fully saturated rings. The van der Waals surface area contributed by atoms with Crippen molar-refractivity contribution in [3.8, 4) is 0 Å². The highest BCUT2D eigenvalue weighted by atomic mass is 32.1. The van der Waals surface area contributed by atoms with E-state index in [0.717, 1.165) is 24.2 Å². The first-order valence-electron chi connectivity index (χ1n) is 5.13. The topological polar surface area (TPSA) is 37.3 Å². The zero-order valence-electron chi connectivity index (χ0n) is 8.44. The van der Waals surface area contributed by atoms with E-state index in [-0.39, 0.29) is 5.41 Å². The number of hydrogen-bond donors (Lipinski definition) is 2. The molecule has 80 valence electrons. The van der Waals surface area contributed by atoms with E-state index in [1.165, 1.54) is 6.42 Å². The van der Waals surface area contributed by atoms with Crippen molar-refractivity contribution in [2.24, 2.45) is 0 Å². The fourth-order valence-corrected chi connectivity index (χ4v) is 2.62. The Labute approximate surface area is 94.7 Å². The molecular weight excluding hydrogens is 208 g/mol. The fourth-order valence-electron chi connectivity index (χ4n) is 2.12. The predicted molar refractivity (Wildman–Crippen MR) is 62.8 cm³/mol. The molecule has 1 N–H and O–H groups in total. The molecule has 0 unspecified atom stereocenters. The third kappa shape index (κ3) is 1.76. The molecule has 1 aliphatic rings. The van der Waals surface area contributed by atoms with Gasteiger partial charge in [0.1, 0.15) is 0 Å². The Bertz CT molecular complexity index is 377. The van der Waals surface area contributed by atoms with Crippen LogP contribution >= 0.6 is 12.6 Å². The molecule has 0 heterocycles. The summed E-state index contributed by atoms with van der Waals surface area (Å²) in [6.07, 6.45) is 3.47. The normalized spacial score (nSPS) is 18.2. The molecule has 2 nitrogen and oxygen atoms in total. The number of carboxylic acids is 1. The summed E-state index contributed by atoms with van der Waals surface area (Å²) in [5, 5.41) is 8.92. The summed E-state index contributed by atoms with van der Waals surface area (Å²) in [6.45, 7) is 0. The second kappa shape index (κ2) is 3.89. The molecule has 0 amide bonds. The molecular formula is C12H14O2S. The van der Waals surface area contributed by atoms with Crippen LogP contribution in [0.3, 0.4) is 0 Å². The Morgan fingerprint density at radius 2 is 2.20 bits per heavy atom. The Balaban J connectivity index is 2.35. The van der Waals surface area contributed by atoms with Crippen molar-refractivity contribution >= 4 is 18.6 Å². The number of carbonyl (C=O) groups is 1. The van der Waals surface area contributed by atoms with Crippen molar-refractivity contribution in [2.75, 3.05) is 5.75 Å². The second-order valence-electron chi connectivity index (χ2n) is 4.18. The van der Waals surface area contributed by atoms with E-state index in [0.29, 0.717) is 5.56 Å². The highest BCUT2D eigenvalue weighted by molar-refractivity contribution is 7.80. The Hall–Kier alpha value is -0.960. The van der Waals surface area contributed by atoms with Gasteiger partial charge in [0, 0.05) is 5.41 Å². The summed E-state index contributed by atoms with van der Waals surface area (Å²) in [7, 11) is 0. The maximum absolute atomic E-state index is 10.9. The van der Waals surface area contributed by atoms with Crippen molar-refractivity contribution in [1.82, 2.24) is 0 Å². The van der Waals surface area contributed by atoms with Crippen LogP contribution in [0, 0.1) is 0 Å². The minimum Gasteiger partial charge on any atom is -0.478 e. The van der Waals surface area contributed by atoms with E-state index < -0.39 is 5.97 Å². The average molecular weight is 222 g/mol. The number of benzene rings is 1. The van der Waals surface area contributed by atoms with Crippen LogP contribution in [0.4, 0.5) is 0 Å². The SMILES string of the molecule is O=C(O)c1cccc(C2(CS)CCC2)c1. The van der Waals surface area contributed by atoms with Gasteiger partial charge in [-0.15, -0.1) is 0 Å². The van der Waals surface area contributed by atoms with E-state index in [9.17, 15) is 4.79 Å². The molecule has 1 saturated carbocycles. The number of hydrogen-bond acceptors (Lipinski definition) is 2. The van der Waals surface area contributed by atoms with Crippen molar-refractivity contribution in [2.45, 2.75) is 24.7 Å². The van der Waals surface area contributed by atoms with Crippen LogP contribution in [-0.2, 0) is 5.41 Å². The van der Waals surface area contributed by atoms with Gasteiger partial charge in [-0.3, -0.25) is 0 Å². The van der Waals surface area contributed by atoms with Gasteiger partial charge >= 0.3 is 5.97 Å². The van der Waals surface area contributed by atoms with Crippen molar-refractivity contribution in [1.29, 1.82) is 0 Å². The molecule has 15 heavy (non-hydrogen) atoms. The molecule has 1 aliphatic carbocycles. The molecule has 0 aliphatic heterocycles. The van der Waals surface area contributed by atoms with Gasteiger partial charge in [0.2, 0.25) is 0 Å². The lowest BCUT2D eigenvalue weighted by Crippen LogP contribution is -2.36. The molecule has 3 heteroatoms. The maximum atomic E-state index is 10.9. The quantitative estimate of drug-likeness (QED) is 0.772. The molecule has 0 aromatic heterocycles. The van der Waals surface area contributed by atoms with Gasteiger partial charge in [-0.25, -0.2) is 4.79 Å². The number of rotatable bonds is 3. The van der Waals surface area contributed by atoms with Crippen LogP contribution < -0.4 is 0 Å². The van der Waals surface area contributed by atoms with Crippen LogP contribution in [0.2, 0.25) is 0 Å². The van der Waals surface area contributed by atoms with Crippen molar-refractivity contribution < 1.29 is 9.90 Å². The van der Waals surface area contributed by atoms with E-state index in [4.69, 9.17) is 5.11 Å². The van der Waals surface area contributed by atoms with Gasteiger partial charge in [0.05, 0.1) is 5.56 Å². The maximum Gasteiger partial charge on any atom is 0.335 e. The van der Waals surface area contributed by atoms with E-state index >= 15 is 0 Å². The molecule has 2 rings (SSSR count). The first-order valence-corrected chi connectivity index (χ1v) is 5.76. The summed E-state index contributed by atoms with van der Waals surface area (Å²) in [6, 6.07) is 7.26. The Morgan fingerprint density at radius 1 is 1.47 bits per heavy atom. The van der Waals surface area contributed by atoms with Gasteiger partial charge in [-0.05, 0) is 36.3 Å². The highest BCUT2D eigenvalue weighted by Crippen LogP contribution is 2.44. The van der Waals surface area contributed by atoms with Gasteiger partial charge in [0.25, 0.3) is 0 Å². The van der Waals surface area contributed by atoms with Crippen LogP contribution in [0.5, 0.6) is 0 Å². The van der Waals surface area contributed by atoms with E-state index in [1.807, 2.05) is 12.1 Å². The van der Waals surface area contributed by atoms with E-state index in [2.05, 4.69) is 12.6 Å². The summed E-state index contributed by atoms with van der Waals surface area (Å²) in [4.78, 5) is 10.9. The van der Waals surface area contributed by atoms with Gasteiger partial charge in [-0.1, -0.05) is 18.6 Å². The Kier molecular flexibility index (Phi) is 2.74. The monoisotopic (exact) mass is 222 g/mol. The lowest BCUT2D eigenvalue weighted by Gasteiger charge is -2.41. The molecule has 0 spiro atoms. The number of carboxylic acid groups (broad SMARTS) is 1. The lowest BCUT2D eigenvalue weighted by atomic mass is 9.65. The summed E-state index contributed by atoms with van der Waals surface area (Å²) < 4.78 is 0. The van der Waals surface area contributed by atoms with Crippen molar-refractivity contribution in [3.05, 3.63) is 35.4 Å². The second-order valence-corrected chi connectivity index (χ2v) is 4.49. The molecule has 0 bridgehead atoms.